The summed E-state index contributed by atoms with van der Waals surface area (Å²) in [6.45, 7) is -0.615. The van der Waals surface area contributed by atoms with Gasteiger partial charge < -0.3 is 20.1 Å². The van der Waals surface area contributed by atoms with Gasteiger partial charge >= 0.3 is 0 Å². The maximum atomic E-state index is 11.9. The SMILES string of the molecule is COc1cc(O)c2c(c1O)C(=O)C=C(CO)C2=O. The highest BCUT2D eigenvalue weighted by atomic mass is 16.5. The topological polar surface area (TPSA) is 104 Å². The van der Waals surface area contributed by atoms with Crippen molar-refractivity contribution >= 4 is 11.6 Å². The quantitative estimate of drug-likeness (QED) is 0.656. The van der Waals surface area contributed by atoms with Gasteiger partial charge in [0.25, 0.3) is 0 Å². The lowest BCUT2D eigenvalue weighted by molar-refractivity contribution is 0.0967. The van der Waals surface area contributed by atoms with Gasteiger partial charge in [-0.3, -0.25) is 9.59 Å². The van der Waals surface area contributed by atoms with Crippen LogP contribution in [0.25, 0.3) is 0 Å². The van der Waals surface area contributed by atoms with Gasteiger partial charge in [-0.25, -0.2) is 0 Å². The van der Waals surface area contributed by atoms with Crippen LogP contribution in [0.15, 0.2) is 17.7 Å². The summed E-state index contributed by atoms with van der Waals surface area (Å²) in [5, 5.41) is 28.5. The van der Waals surface area contributed by atoms with Gasteiger partial charge in [-0.2, -0.15) is 0 Å². The van der Waals surface area contributed by atoms with Crippen molar-refractivity contribution in [3.05, 3.63) is 28.8 Å². The predicted octanol–water partition coefficient (Wildman–Crippen LogP) is 0.404. The number of methoxy groups -OCH3 is 1. The fourth-order valence-corrected chi connectivity index (χ4v) is 1.83. The normalized spacial score (nSPS) is 14.2. The fraction of sp³-hybridized carbons (Fsp3) is 0.167. The molecule has 0 heterocycles. The van der Waals surface area contributed by atoms with Crippen molar-refractivity contribution < 1.29 is 29.6 Å². The molecular formula is C12H10O6. The summed E-state index contributed by atoms with van der Waals surface area (Å²) in [5.74, 6) is -2.44. The van der Waals surface area contributed by atoms with Crippen LogP contribution >= 0.6 is 0 Å². The predicted molar refractivity (Wildman–Crippen MR) is 60.2 cm³/mol. The Hall–Kier alpha value is -2.34. The third kappa shape index (κ3) is 1.54. The third-order valence-corrected chi connectivity index (χ3v) is 2.70. The number of phenols is 2. The van der Waals surface area contributed by atoms with Crippen LogP contribution in [-0.4, -0.2) is 40.6 Å². The van der Waals surface area contributed by atoms with Gasteiger partial charge in [-0.05, 0) is 6.08 Å². The van der Waals surface area contributed by atoms with Crippen LogP contribution in [0, 0.1) is 0 Å². The molecule has 1 aliphatic carbocycles. The number of hydrogen-bond donors (Lipinski definition) is 3. The first-order valence-electron chi connectivity index (χ1n) is 5.04. The van der Waals surface area contributed by atoms with Gasteiger partial charge in [0.15, 0.2) is 23.1 Å². The molecule has 94 valence electrons. The lowest BCUT2D eigenvalue weighted by atomic mass is 9.88. The van der Waals surface area contributed by atoms with Crippen LogP contribution in [0.1, 0.15) is 20.7 Å². The summed E-state index contributed by atoms with van der Waals surface area (Å²) in [6.07, 6.45) is 0.934. The van der Waals surface area contributed by atoms with E-state index < -0.39 is 29.7 Å². The molecule has 0 spiro atoms. The number of fused-ring (bicyclic) bond motifs is 1. The maximum Gasteiger partial charge on any atom is 0.196 e. The summed E-state index contributed by atoms with van der Waals surface area (Å²) in [5.41, 5.74) is -0.758. The van der Waals surface area contributed by atoms with Crippen molar-refractivity contribution in [2.45, 2.75) is 0 Å². The Bertz CT molecular complexity index is 585. The van der Waals surface area contributed by atoms with E-state index in [1.54, 1.807) is 0 Å². The summed E-state index contributed by atoms with van der Waals surface area (Å²) in [7, 11) is 1.25. The summed E-state index contributed by atoms with van der Waals surface area (Å²) in [4.78, 5) is 23.6. The number of benzene rings is 1. The zero-order chi connectivity index (χ0) is 13.4. The molecule has 0 saturated carbocycles. The number of rotatable bonds is 2. The number of aliphatic hydroxyl groups excluding tert-OH is 1. The van der Waals surface area contributed by atoms with Crippen LogP contribution in [-0.2, 0) is 0 Å². The molecule has 0 unspecified atom stereocenters. The molecule has 1 aromatic rings. The van der Waals surface area contributed by atoms with Crippen molar-refractivity contribution in [1.29, 1.82) is 0 Å². The van der Waals surface area contributed by atoms with Gasteiger partial charge in [0, 0.05) is 11.6 Å². The number of hydrogen-bond acceptors (Lipinski definition) is 6. The highest BCUT2D eigenvalue weighted by molar-refractivity contribution is 6.27. The number of allylic oxidation sites excluding steroid dienone is 1. The lowest BCUT2D eigenvalue weighted by Gasteiger charge is -2.17. The lowest BCUT2D eigenvalue weighted by Crippen LogP contribution is -2.19. The Morgan fingerprint density at radius 1 is 1.22 bits per heavy atom. The molecule has 0 atom stereocenters. The molecule has 0 saturated heterocycles. The minimum absolute atomic E-state index is 0.103. The Morgan fingerprint density at radius 2 is 1.89 bits per heavy atom. The summed E-state index contributed by atoms with van der Waals surface area (Å²) >= 11 is 0. The Kier molecular flexibility index (Phi) is 2.80. The molecule has 0 aliphatic heterocycles. The summed E-state index contributed by atoms with van der Waals surface area (Å²) in [6, 6.07) is 1.04. The van der Waals surface area contributed by atoms with Crippen LogP contribution in [0.5, 0.6) is 17.2 Å². The van der Waals surface area contributed by atoms with Gasteiger partial charge in [0.2, 0.25) is 0 Å². The Balaban J connectivity index is 2.77. The maximum absolute atomic E-state index is 11.9. The third-order valence-electron chi connectivity index (χ3n) is 2.70. The fourth-order valence-electron chi connectivity index (χ4n) is 1.83. The van der Waals surface area contributed by atoms with Gasteiger partial charge in [0.05, 0.1) is 24.8 Å². The van der Waals surface area contributed by atoms with Crippen LogP contribution in [0.4, 0.5) is 0 Å². The first kappa shape index (κ1) is 12.1. The molecule has 0 radical (unpaired) electrons. The molecule has 0 aromatic heterocycles. The minimum atomic E-state index is -0.692. The Labute approximate surface area is 102 Å². The smallest absolute Gasteiger partial charge is 0.196 e. The molecule has 2 rings (SSSR count). The van der Waals surface area contributed by atoms with Crippen molar-refractivity contribution in [2.24, 2.45) is 0 Å². The number of ether oxygens (including phenoxy) is 1. The minimum Gasteiger partial charge on any atom is -0.507 e. The number of phenolic OH excluding ortho intramolecular Hbond substituents is 2. The number of carbonyl (C=O) groups excluding carboxylic acids is 2. The van der Waals surface area contributed by atoms with Crippen molar-refractivity contribution in [1.82, 2.24) is 0 Å². The number of aliphatic hydroxyl groups is 1. The van der Waals surface area contributed by atoms with Crippen molar-refractivity contribution in [2.75, 3.05) is 13.7 Å². The monoisotopic (exact) mass is 250 g/mol. The molecule has 1 aromatic carbocycles. The molecule has 6 nitrogen and oxygen atoms in total. The average Bonchev–Trinajstić information content (AvgIpc) is 2.35. The van der Waals surface area contributed by atoms with Crippen LogP contribution in [0.2, 0.25) is 0 Å². The van der Waals surface area contributed by atoms with Crippen molar-refractivity contribution in [3.63, 3.8) is 0 Å². The zero-order valence-corrected chi connectivity index (χ0v) is 9.43. The van der Waals surface area contributed by atoms with Crippen molar-refractivity contribution in [3.8, 4) is 17.2 Å². The highest BCUT2D eigenvalue weighted by Gasteiger charge is 2.32. The van der Waals surface area contributed by atoms with Crippen LogP contribution < -0.4 is 4.74 Å². The van der Waals surface area contributed by atoms with Crippen LogP contribution in [0.3, 0.4) is 0 Å². The van der Waals surface area contributed by atoms with E-state index >= 15 is 0 Å². The average molecular weight is 250 g/mol. The largest absolute Gasteiger partial charge is 0.507 e. The molecule has 0 fully saturated rings. The molecule has 1 aliphatic rings. The number of carbonyl (C=O) groups is 2. The molecule has 3 N–H and O–H groups in total. The second kappa shape index (κ2) is 4.15. The van der Waals surface area contributed by atoms with Gasteiger partial charge in [-0.1, -0.05) is 0 Å². The van der Waals surface area contributed by atoms with E-state index in [2.05, 4.69) is 0 Å². The molecule has 0 bridgehead atoms. The number of aromatic hydroxyl groups is 2. The highest BCUT2D eigenvalue weighted by Crippen LogP contribution is 2.41. The summed E-state index contributed by atoms with van der Waals surface area (Å²) < 4.78 is 4.79. The molecule has 18 heavy (non-hydrogen) atoms. The van der Waals surface area contributed by atoms with E-state index in [0.717, 1.165) is 12.1 Å². The first-order chi connectivity index (χ1) is 8.51. The Morgan fingerprint density at radius 3 is 2.44 bits per heavy atom. The van der Waals surface area contributed by atoms with E-state index in [-0.39, 0.29) is 22.4 Å². The number of ketones is 2. The molecular weight excluding hydrogens is 240 g/mol. The van der Waals surface area contributed by atoms with E-state index in [1.807, 2.05) is 0 Å². The standard InChI is InChI=1S/C12H10O6/c1-18-8-3-7(15)9-10(12(8)17)6(14)2-5(4-13)11(9)16/h2-3,13,15,17H,4H2,1H3. The first-order valence-corrected chi connectivity index (χ1v) is 5.04. The van der Waals surface area contributed by atoms with Gasteiger partial charge in [0.1, 0.15) is 5.75 Å². The van der Waals surface area contributed by atoms with E-state index in [1.165, 1.54) is 7.11 Å². The molecule has 6 heteroatoms. The van der Waals surface area contributed by atoms with E-state index in [9.17, 15) is 19.8 Å². The van der Waals surface area contributed by atoms with Gasteiger partial charge in [-0.15, -0.1) is 0 Å². The molecule has 0 amide bonds. The zero-order valence-electron chi connectivity index (χ0n) is 9.43. The van der Waals surface area contributed by atoms with E-state index in [0.29, 0.717) is 0 Å². The second-order valence-electron chi connectivity index (χ2n) is 3.72. The second-order valence-corrected chi connectivity index (χ2v) is 3.72. The van der Waals surface area contributed by atoms with E-state index in [4.69, 9.17) is 9.84 Å². The number of Topliss-reactive ketones (excluding diaryl/α,β-unsaturated/α-hetero) is 1.